The Labute approximate surface area is 168 Å². The third-order valence-electron chi connectivity index (χ3n) is 3.65. The second kappa shape index (κ2) is 8.16. The maximum absolute atomic E-state index is 11.6. The van der Waals surface area contributed by atoms with Crippen LogP contribution in [0.2, 0.25) is 0 Å². The number of hydrogen-bond donors (Lipinski definition) is 1. The lowest BCUT2D eigenvalue weighted by Gasteiger charge is -2.05. The Morgan fingerprint density at radius 2 is 1.70 bits per heavy atom. The van der Waals surface area contributed by atoms with Gasteiger partial charge in [0.05, 0.1) is 25.6 Å². The molecule has 27 heavy (non-hydrogen) atoms. The first-order valence-electron chi connectivity index (χ1n) is 7.77. The molecule has 0 aliphatic rings. The molecule has 3 rings (SSSR count). The minimum Gasteiger partial charge on any atom is -0.464 e. The molecule has 0 unspecified atom stereocenters. The number of rotatable bonds is 5. The maximum Gasteiger partial charge on any atom is 0.366 e. The van der Waals surface area contributed by atoms with E-state index in [1.807, 2.05) is 41.1 Å². The van der Waals surface area contributed by atoms with Gasteiger partial charge in [-0.2, -0.15) is 5.10 Å². The first kappa shape index (κ1) is 18.8. The molecule has 0 aliphatic carbocycles. The van der Waals surface area contributed by atoms with Gasteiger partial charge in [-0.15, -0.1) is 0 Å². The number of hydrazone groups is 1. The zero-order chi connectivity index (χ0) is 19.4. The first-order chi connectivity index (χ1) is 13.0. The van der Waals surface area contributed by atoms with Crippen molar-refractivity contribution in [3.8, 4) is 11.3 Å². The van der Waals surface area contributed by atoms with Crippen molar-refractivity contribution in [2.24, 2.45) is 5.10 Å². The van der Waals surface area contributed by atoms with Crippen LogP contribution in [0.25, 0.3) is 16.9 Å². The number of aromatic nitrogens is 2. The Balaban J connectivity index is 1.80. The average Bonchev–Trinajstić information content (AvgIpc) is 3.11. The first-order valence-corrected chi connectivity index (χ1v) is 8.84. The number of methoxy groups -OCH3 is 2. The summed E-state index contributed by atoms with van der Waals surface area (Å²) in [6.07, 6.45) is 3.95. The molecule has 8 nitrogen and oxygen atoms in total. The summed E-state index contributed by atoms with van der Waals surface area (Å²) in [5.74, 6) is -1.77. The molecular weight excluding hydrogens is 463 g/mol. The van der Waals surface area contributed by atoms with Crippen molar-refractivity contribution < 1.29 is 19.1 Å². The largest absolute Gasteiger partial charge is 0.464 e. The minimum absolute atomic E-state index is 0.473. The molecule has 0 atom stereocenters. The van der Waals surface area contributed by atoms with Gasteiger partial charge in [0, 0.05) is 21.5 Å². The van der Waals surface area contributed by atoms with Crippen LogP contribution in [-0.4, -0.2) is 41.3 Å². The van der Waals surface area contributed by atoms with E-state index in [2.05, 4.69) is 47.6 Å². The molecule has 1 N–H and O–H groups in total. The third kappa shape index (κ3) is 4.25. The lowest BCUT2D eigenvalue weighted by Crippen LogP contribution is -2.27. The smallest absolute Gasteiger partial charge is 0.366 e. The molecule has 0 radical (unpaired) electrons. The van der Waals surface area contributed by atoms with Crippen LogP contribution in [0.4, 0.5) is 5.69 Å². The van der Waals surface area contributed by atoms with Crippen molar-refractivity contribution in [1.82, 2.24) is 9.38 Å². The number of nitrogens with one attached hydrogen (secondary N) is 1. The number of imidazole rings is 1. The number of hydrogen-bond acceptors (Lipinski definition) is 7. The molecule has 2 heterocycles. The highest BCUT2D eigenvalue weighted by Crippen LogP contribution is 2.22. The van der Waals surface area contributed by atoms with Crippen molar-refractivity contribution in [2.45, 2.75) is 0 Å². The van der Waals surface area contributed by atoms with Crippen LogP contribution in [0.3, 0.4) is 0 Å². The molecule has 0 spiro atoms. The second-order valence-corrected chi connectivity index (χ2v) is 6.62. The third-order valence-corrected chi connectivity index (χ3v) is 4.29. The van der Waals surface area contributed by atoms with E-state index in [0.29, 0.717) is 5.69 Å². The van der Waals surface area contributed by atoms with Crippen molar-refractivity contribution in [3.05, 3.63) is 52.4 Å². The summed E-state index contributed by atoms with van der Waals surface area (Å²) in [6.45, 7) is 0. The van der Waals surface area contributed by atoms with E-state index in [0.717, 1.165) is 34.7 Å². The predicted molar refractivity (Wildman–Crippen MR) is 108 cm³/mol. The molecule has 0 fully saturated rings. The lowest BCUT2D eigenvalue weighted by atomic mass is 10.1. The summed E-state index contributed by atoms with van der Waals surface area (Å²) in [5.41, 5.74) is 5.37. The number of ether oxygens (including phenoxy) is 2. The fourth-order valence-corrected chi connectivity index (χ4v) is 2.79. The summed E-state index contributed by atoms with van der Waals surface area (Å²) >= 11 is 2.25. The molecule has 0 bridgehead atoms. The van der Waals surface area contributed by atoms with E-state index in [9.17, 15) is 9.59 Å². The van der Waals surface area contributed by atoms with Crippen LogP contribution in [-0.2, 0) is 19.1 Å². The van der Waals surface area contributed by atoms with Crippen molar-refractivity contribution >= 4 is 51.6 Å². The number of anilines is 1. The topological polar surface area (TPSA) is 94.3 Å². The van der Waals surface area contributed by atoms with Crippen molar-refractivity contribution in [2.75, 3.05) is 19.6 Å². The highest BCUT2D eigenvalue weighted by Gasteiger charge is 2.22. The quantitative estimate of drug-likeness (QED) is 0.199. The van der Waals surface area contributed by atoms with Gasteiger partial charge in [0.25, 0.3) is 5.71 Å². The molecule has 138 valence electrons. The highest BCUT2D eigenvalue weighted by molar-refractivity contribution is 14.1. The maximum atomic E-state index is 11.6. The number of nitrogens with zero attached hydrogens (tertiary/aromatic N) is 3. The van der Waals surface area contributed by atoms with Crippen molar-refractivity contribution in [1.29, 1.82) is 0 Å². The summed E-state index contributed by atoms with van der Waals surface area (Å²) in [7, 11) is 2.32. The van der Waals surface area contributed by atoms with Gasteiger partial charge in [0.15, 0.2) is 0 Å². The SMILES string of the molecule is COC(=O)C(=NNc1ccc(-c2cn3cc(I)ccc3n2)cc1)C(=O)OC. The fourth-order valence-electron chi connectivity index (χ4n) is 2.31. The number of halogens is 1. The zero-order valence-electron chi connectivity index (χ0n) is 14.5. The van der Waals surface area contributed by atoms with Crippen molar-refractivity contribution in [3.63, 3.8) is 0 Å². The van der Waals surface area contributed by atoms with Gasteiger partial charge in [0.1, 0.15) is 5.65 Å². The number of carbonyl (C=O) groups is 2. The van der Waals surface area contributed by atoms with Crippen LogP contribution in [0.1, 0.15) is 0 Å². The summed E-state index contributed by atoms with van der Waals surface area (Å²) in [5, 5.41) is 3.78. The Morgan fingerprint density at radius 1 is 1.04 bits per heavy atom. The molecule has 3 aromatic rings. The lowest BCUT2D eigenvalue weighted by molar-refractivity contribution is -0.138. The molecule has 2 aromatic heterocycles. The molecule has 0 amide bonds. The Kier molecular flexibility index (Phi) is 5.69. The Hall–Kier alpha value is -2.95. The van der Waals surface area contributed by atoms with Gasteiger partial charge < -0.3 is 13.9 Å². The van der Waals surface area contributed by atoms with Crippen LogP contribution in [0.15, 0.2) is 53.9 Å². The van der Waals surface area contributed by atoms with E-state index >= 15 is 0 Å². The predicted octanol–water partition coefficient (Wildman–Crippen LogP) is 2.72. The van der Waals surface area contributed by atoms with Crippen LogP contribution < -0.4 is 5.43 Å². The summed E-state index contributed by atoms with van der Waals surface area (Å²) < 4.78 is 12.1. The Morgan fingerprint density at radius 3 is 2.33 bits per heavy atom. The van der Waals surface area contributed by atoms with E-state index in [4.69, 9.17) is 0 Å². The fraction of sp³-hybridized carbons (Fsp3) is 0.111. The van der Waals surface area contributed by atoms with E-state index in [1.54, 1.807) is 12.1 Å². The van der Waals surface area contributed by atoms with Gasteiger partial charge in [-0.3, -0.25) is 5.43 Å². The molecule has 9 heteroatoms. The zero-order valence-corrected chi connectivity index (χ0v) is 16.6. The van der Waals surface area contributed by atoms with E-state index < -0.39 is 17.7 Å². The number of esters is 2. The van der Waals surface area contributed by atoms with Gasteiger partial charge >= 0.3 is 11.9 Å². The standard InChI is InChI=1S/C18H15IN4O4/c1-26-17(24)16(18(25)27-2)22-21-13-6-3-11(4-7-13)14-10-23-9-12(19)5-8-15(23)20-14/h3-10,21H,1-2H3. The number of carbonyl (C=O) groups excluding carboxylic acids is 2. The number of benzene rings is 1. The van der Waals surface area contributed by atoms with Gasteiger partial charge in [-0.05, 0) is 46.9 Å². The van der Waals surface area contributed by atoms with E-state index in [-0.39, 0.29) is 0 Å². The monoisotopic (exact) mass is 478 g/mol. The molecule has 1 aromatic carbocycles. The normalized spacial score (nSPS) is 10.3. The van der Waals surface area contributed by atoms with E-state index in [1.165, 1.54) is 0 Å². The summed E-state index contributed by atoms with van der Waals surface area (Å²) in [4.78, 5) is 27.7. The van der Waals surface area contributed by atoms with Gasteiger partial charge in [-0.1, -0.05) is 12.1 Å². The highest BCUT2D eigenvalue weighted by atomic mass is 127. The molecule has 0 aliphatic heterocycles. The Bertz CT molecular complexity index is 1010. The second-order valence-electron chi connectivity index (χ2n) is 5.37. The molecular formula is C18H15IN4O4. The van der Waals surface area contributed by atoms with Gasteiger partial charge in [0.2, 0.25) is 0 Å². The molecule has 0 saturated carbocycles. The van der Waals surface area contributed by atoms with Gasteiger partial charge in [-0.25, -0.2) is 14.6 Å². The average molecular weight is 478 g/mol. The van der Waals surface area contributed by atoms with Crippen LogP contribution >= 0.6 is 22.6 Å². The van der Waals surface area contributed by atoms with Crippen LogP contribution in [0, 0.1) is 3.57 Å². The minimum atomic E-state index is -0.884. The molecule has 0 saturated heterocycles. The summed E-state index contributed by atoms with van der Waals surface area (Å²) in [6, 6.07) is 11.2. The number of fused-ring (bicyclic) bond motifs is 1. The van der Waals surface area contributed by atoms with Crippen LogP contribution in [0.5, 0.6) is 0 Å². The number of pyridine rings is 1.